The van der Waals surface area contributed by atoms with E-state index in [-0.39, 0.29) is 6.04 Å². The topological polar surface area (TPSA) is 20.3 Å². The van der Waals surface area contributed by atoms with Gasteiger partial charge in [-0.3, -0.25) is 4.90 Å². The van der Waals surface area contributed by atoms with Gasteiger partial charge in [-0.15, -0.1) is 11.8 Å². The summed E-state index contributed by atoms with van der Waals surface area (Å²) in [5.41, 5.74) is 0. The van der Waals surface area contributed by atoms with E-state index in [2.05, 4.69) is 4.90 Å². The van der Waals surface area contributed by atoms with E-state index in [1.807, 2.05) is 12.1 Å². The molecule has 1 aromatic rings. The van der Waals surface area contributed by atoms with Gasteiger partial charge in [-0.1, -0.05) is 29.6 Å². The van der Waals surface area contributed by atoms with Crippen LogP contribution in [-0.4, -0.2) is 36.1 Å². The SMILES string of the molecule is O=CC1CCCCN1CCSc1cc(Cl)ccc1Cl. The zero-order chi connectivity index (χ0) is 13.7. The first-order valence-electron chi connectivity index (χ1n) is 6.48. The summed E-state index contributed by atoms with van der Waals surface area (Å²) in [6.07, 6.45) is 4.42. The fraction of sp³-hybridized carbons (Fsp3) is 0.500. The van der Waals surface area contributed by atoms with Crippen LogP contribution in [0.3, 0.4) is 0 Å². The van der Waals surface area contributed by atoms with Gasteiger partial charge in [0.2, 0.25) is 0 Å². The molecule has 0 aromatic heterocycles. The molecule has 104 valence electrons. The zero-order valence-corrected chi connectivity index (χ0v) is 13.0. The molecule has 5 heteroatoms. The van der Waals surface area contributed by atoms with Crippen molar-refractivity contribution >= 4 is 41.2 Å². The lowest BCUT2D eigenvalue weighted by Gasteiger charge is -2.31. The summed E-state index contributed by atoms with van der Waals surface area (Å²) >= 11 is 13.8. The minimum absolute atomic E-state index is 0.101. The number of halogens is 2. The highest BCUT2D eigenvalue weighted by molar-refractivity contribution is 7.99. The summed E-state index contributed by atoms with van der Waals surface area (Å²) in [5.74, 6) is 0.921. The van der Waals surface area contributed by atoms with Crippen molar-refractivity contribution in [3.05, 3.63) is 28.2 Å². The molecular weight excluding hydrogens is 301 g/mol. The maximum atomic E-state index is 11.0. The summed E-state index contributed by atoms with van der Waals surface area (Å²) in [6, 6.07) is 5.61. The number of likely N-dealkylation sites (tertiary alicyclic amines) is 1. The lowest BCUT2D eigenvalue weighted by Crippen LogP contribution is -2.41. The number of benzene rings is 1. The quantitative estimate of drug-likeness (QED) is 0.601. The van der Waals surface area contributed by atoms with Crippen LogP contribution in [0.5, 0.6) is 0 Å². The standard InChI is InChI=1S/C14H17Cl2NOS/c15-11-4-5-13(16)14(9-11)19-8-7-17-6-2-1-3-12(17)10-18/h4-5,9-10,12H,1-3,6-8H2. The number of piperidine rings is 1. The number of thioether (sulfide) groups is 1. The monoisotopic (exact) mass is 317 g/mol. The Morgan fingerprint density at radius 2 is 2.21 bits per heavy atom. The highest BCUT2D eigenvalue weighted by Crippen LogP contribution is 2.30. The molecule has 0 spiro atoms. The molecule has 1 unspecified atom stereocenters. The molecule has 1 fully saturated rings. The Hall–Kier alpha value is -0.220. The molecule has 2 rings (SSSR count). The van der Waals surface area contributed by atoms with E-state index in [0.29, 0.717) is 5.02 Å². The lowest BCUT2D eigenvalue weighted by atomic mass is 10.0. The Bertz CT molecular complexity index is 441. The van der Waals surface area contributed by atoms with Gasteiger partial charge in [0.25, 0.3) is 0 Å². The molecular formula is C14H17Cl2NOS. The van der Waals surface area contributed by atoms with Crippen molar-refractivity contribution < 1.29 is 4.79 Å². The third-order valence-corrected chi connectivity index (χ3v) is 5.06. The van der Waals surface area contributed by atoms with Crippen LogP contribution in [0.1, 0.15) is 19.3 Å². The minimum Gasteiger partial charge on any atom is -0.302 e. The summed E-state index contributed by atoms with van der Waals surface area (Å²) in [4.78, 5) is 14.3. The molecule has 1 aliphatic heterocycles. The molecule has 1 saturated heterocycles. The maximum absolute atomic E-state index is 11.0. The van der Waals surface area contributed by atoms with Gasteiger partial charge >= 0.3 is 0 Å². The van der Waals surface area contributed by atoms with Crippen molar-refractivity contribution in [3.8, 4) is 0 Å². The Morgan fingerprint density at radius 1 is 1.37 bits per heavy atom. The van der Waals surface area contributed by atoms with Crippen LogP contribution in [0.15, 0.2) is 23.1 Å². The summed E-state index contributed by atoms with van der Waals surface area (Å²) in [5, 5.41) is 1.44. The molecule has 1 heterocycles. The van der Waals surface area contributed by atoms with Crippen molar-refractivity contribution in [1.82, 2.24) is 4.90 Å². The van der Waals surface area contributed by atoms with Gasteiger partial charge in [-0.2, -0.15) is 0 Å². The summed E-state index contributed by atoms with van der Waals surface area (Å²) in [7, 11) is 0. The fourth-order valence-corrected chi connectivity index (χ4v) is 3.79. The number of carbonyl (C=O) groups is 1. The first-order chi connectivity index (χ1) is 9.20. The number of carbonyl (C=O) groups excluding carboxylic acids is 1. The Balaban J connectivity index is 1.85. The maximum Gasteiger partial charge on any atom is 0.137 e. The van der Waals surface area contributed by atoms with Crippen LogP contribution in [0, 0.1) is 0 Å². The molecule has 0 radical (unpaired) electrons. The molecule has 2 nitrogen and oxygen atoms in total. The second-order valence-corrected chi connectivity index (χ2v) is 6.64. The fourth-order valence-electron chi connectivity index (χ4n) is 2.31. The van der Waals surface area contributed by atoms with E-state index in [9.17, 15) is 4.79 Å². The van der Waals surface area contributed by atoms with Gasteiger partial charge in [-0.05, 0) is 37.6 Å². The van der Waals surface area contributed by atoms with Crippen LogP contribution in [-0.2, 0) is 4.79 Å². The zero-order valence-electron chi connectivity index (χ0n) is 10.6. The Labute approximate surface area is 128 Å². The first-order valence-corrected chi connectivity index (χ1v) is 8.22. The minimum atomic E-state index is 0.101. The number of hydrogen-bond acceptors (Lipinski definition) is 3. The number of hydrogen-bond donors (Lipinski definition) is 0. The first kappa shape index (κ1) is 15.2. The van der Waals surface area contributed by atoms with Crippen molar-refractivity contribution in [2.45, 2.75) is 30.2 Å². The number of aldehydes is 1. The molecule has 19 heavy (non-hydrogen) atoms. The van der Waals surface area contributed by atoms with E-state index in [1.165, 1.54) is 6.42 Å². The third-order valence-electron chi connectivity index (χ3n) is 3.35. The number of nitrogens with zero attached hydrogens (tertiary/aromatic N) is 1. The predicted octanol–water partition coefficient (Wildman–Crippen LogP) is 4.14. The second-order valence-electron chi connectivity index (χ2n) is 4.66. The normalized spacial score (nSPS) is 20.4. The van der Waals surface area contributed by atoms with Gasteiger partial charge in [0.1, 0.15) is 6.29 Å². The highest BCUT2D eigenvalue weighted by Gasteiger charge is 2.21. The van der Waals surface area contributed by atoms with Crippen LogP contribution in [0.2, 0.25) is 10.0 Å². The van der Waals surface area contributed by atoms with E-state index in [0.717, 1.165) is 47.9 Å². The van der Waals surface area contributed by atoms with Crippen LogP contribution < -0.4 is 0 Å². The van der Waals surface area contributed by atoms with Crippen LogP contribution in [0.25, 0.3) is 0 Å². The highest BCUT2D eigenvalue weighted by atomic mass is 35.5. The van der Waals surface area contributed by atoms with E-state index >= 15 is 0 Å². The average molecular weight is 318 g/mol. The molecule has 1 aromatic carbocycles. The van der Waals surface area contributed by atoms with Crippen LogP contribution in [0.4, 0.5) is 0 Å². The van der Waals surface area contributed by atoms with Crippen molar-refractivity contribution in [2.75, 3.05) is 18.8 Å². The van der Waals surface area contributed by atoms with E-state index in [1.54, 1.807) is 17.8 Å². The van der Waals surface area contributed by atoms with E-state index < -0.39 is 0 Å². The number of rotatable bonds is 5. The van der Waals surface area contributed by atoms with E-state index in [4.69, 9.17) is 23.2 Å². The Morgan fingerprint density at radius 3 is 3.00 bits per heavy atom. The van der Waals surface area contributed by atoms with Crippen LogP contribution >= 0.6 is 35.0 Å². The molecule has 0 amide bonds. The average Bonchev–Trinajstić information content (AvgIpc) is 2.43. The summed E-state index contributed by atoms with van der Waals surface area (Å²) < 4.78 is 0. The lowest BCUT2D eigenvalue weighted by molar-refractivity contribution is -0.113. The van der Waals surface area contributed by atoms with Crippen molar-refractivity contribution in [2.24, 2.45) is 0 Å². The van der Waals surface area contributed by atoms with Crippen molar-refractivity contribution in [3.63, 3.8) is 0 Å². The van der Waals surface area contributed by atoms with Gasteiger partial charge < -0.3 is 4.79 Å². The smallest absolute Gasteiger partial charge is 0.137 e. The Kier molecular flexibility index (Phi) is 6.02. The molecule has 0 bridgehead atoms. The van der Waals surface area contributed by atoms with Gasteiger partial charge in [0.15, 0.2) is 0 Å². The second kappa shape index (κ2) is 7.53. The molecule has 0 saturated carbocycles. The predicted molar refractivity (Wildman–Crippen MR) is 82.5 cm³/mol. The molecule has 0 N–H and O–H groups in total. The molecule has 0 aliphatic carbocycles. The molecule has 1 atom stereocenters. The molecule has 1 aliphatic rings. The largest absolute Gasteiger partial charge is 0.302 e. The van der Waals surface area contributed by atoms with Crippen molar-refractivity contribution in [1.29, 1.82) is 0 Å². The van der Waals surface area contributed by atoms with Gasteiger partial charge in [-0.25, -0.2) is 0 Å². The van der Waals surface area contributed by atoms with Gasteiger partial charge in [0.05, 0.1) is 11.1 Å². The summed E-state index contributed by atoms with van der Waals surface area (Å²) in [6.45, 7) is 1.93. The van der Waals surface area contributed by atoms with Gasteiger partial charge in [0, 0.05) is 22.2 Å². The third kappa shape index (κ3) is 4.38.